The van der Waals surface area contributed by atoms with E-state index in [1.54, 1.807) is 25.4 Å². The van der Waals surface area contributed by atoms with E-state index in [4.69, 9.17) is 0 Å². The molecule has 3 rings (SSSR count). The van der Waals surface area contributed by atoms with Gasteiger partial charge in [-0.3, -0.25) is 4.79 Å². The molecular formula is C16H20N6O2. The monoisotopic (exact) mass is 328 g/mol. The second-order valence-corrected chi connectivity index (χ2v) is 6.00. The maximum Gasteiger partial charge on any atom is 0.254 e. The summed E-state index contributed by atoms with van der Waals surface area (Å²) in [5, 5.41) is 13.6. The third-order valence-corrected chi connectivity index (χ3v) is 4.01. The highest BCUT2D eigenvalue weighted by atomic mass is 16.3. The summed E-state index contributed by atoms with van der Waals surface area (Å²) < 4.78 is 0. The van der Waals surface area contributed by atoms with Crippen molar-refractivity contribution in [1.29, 1.82) is 0 Å². The summed E-state index contributed by atoms with van der Waals surface area (Å²) in [4.78, 5) is 30.5. The van der Waals surface area contributed by atoms with E-state index in [0.29, 0.717) is 30.3 Å². The van der Waals surface area contributed by atoms with Crippen LogP contribution in [0, 0.1) is 6.92 Å². The van der Waals surface area contributed by atoms with Gasteiger partial charge in [0.1, 0.15) is 5.82 Å². The number of aromatic nitrogens is 4. The molecule has 1 aliphatic heterocycles. The van der Waals surface area contributed by atoms with Gasteiger partial charge in [0.25, 0.3) is 5.91 Å². The van der Waals surface area contributed by atoms with Crippen molar-refractivity contribution in [3.05, 3.63) is 42.2 Å². The molecule has 1 fully saturated rings. The first-order chi connectivity index (χ1) is 11.6. The molecule has 126 valence electrons. The van der Waals surface area contributed by atoms with E-state index in [2.05, 4.69) is 25.3 Å². The van der Waals surface area contributed by atoms with Gasteiger partial charge >= 0.3 is 0 Å². The number of hydrogen-bond donors (Lipinski definition) is 2. The standard InChI is InChI=1S/C16H20N6O2/c1-12-19-8-13(9-20-12)14(23)21-10-16(24)4-2-7-22(11-16)15-17-5-3-6-18-15/h3,5-6,8-9,24H,2,4,7,10-11H2,1H3,(H,21,23)/t16-/m0/s1. The lowest BCUT2D eigenvalue weighted by atomic mass is 9.93. The highest BCUT2D eigenvalue weighted by molar-refractivity contribution is 5.93. The minimum Gasteiger partial charge on any atom is -0.386 e. The number of hydrogen-bond acceptors (Lipinski definition) is 7. The zero-order valence-electron chi connectivity index (χ0n) is 13.5. The SMILES string of the molecule is Cc1ncc(C(=O)NC[C@@]2(O)CCCN(c3ncccn3)C2)cn1. The summed E-state index contributed by atoms with van der Waals surface area (Å²) in [6.45, 7) is 3.07. The van der Waals surface area contributed by atoms with Crippen LogP contribution in [-0.4, -0.2) is 56.2 Å². The van der Waals surface area contributed by atoms with Gasteiger partial charge in [0.05, 0.1) is 17.7 Å². The smallest absolute Gasteiger partial charge is 0.254 e. The van der Waals surface area contributed by atoms with Gasteiger partial charge in [-0.05, 0) is 25.8 Å². The van der Waals surface area contributed by atoms with Crippen molar-refractivity contribution < 1.29 is 9.90 Å². The Kier molecular flexibility index (Phi) is 4.66. The van der Waals surface area contributed by atoms with Crippen LogP contribution >= 0.6 is 0 Å². The zero-order valence-corrected chi connectivity index (χ0v) is 13.5. The van der Waals surface area contributed by atoms with Crippen LogP contribution in [0.5, 0.6) is 0 Å². The Labute approximate surface area is 140 Å². The number of nitrogens with one attached hydrogen (secondary N) is 1. The Hall–Kier alpha value is -2.61. The number of carbonyl (C=O) groups excluding carboxylic acids is 1. The van der Waals surface area contributed by atoms with E-state index in [1.807, 2.05) is 4.90 Å². The fourth-order valence-electron chi connectivity index (χ4n) is 2.74. The molecule has 0 unspecified atom stereocenters. The quantitative estimate of drug-likeness (QED) is 0.834. The molecule has 2 N–H and O–H groups in total. The minimum atomic E-state index is -1.02. The molecule has 1 saturated heterocycles. The number of anilines is 1. The predicted molar refractivity (Wildman–Crippen MR) is 87.5 cm³/mol. The van der Waals surface area contributed by atoms with Crippen LogP contribution in [0.4, 0.5) is 5.95 Å². The first-order valence-corrected chi connectivity index (χ1v) is 7.87. The number of nitrogens with zero attached hydrogens (tertiary/aromatic N) is 5. The van der Waals surface area contributed by atoms with Crippen LogP contribution in [0.1, 0.15) is 29.0 Å². The lowest BCUT2D eigenvalue weighted by Gasteiger charge is -2.39. The van der Waals surface area contributed by atoms with Gasteiger partial charge in [-0.25, -0.2) is 19.9 Å². The third kappa shape index (κ3) is 3.83. The van der Waals surface area contributed by atoms with Gasteiger partial charge in [-0.2, -0.15) is 0 Å². The average Bonchev–Trinajstić information content (AvgIpc) is 2.61. The van der Waals surface area contributed by atoms with E-state index in [1.165, 1.54) is 12.4 Å². The van der Waals surface area contributed by atoms with Gasteiger partial charge in [-0.1, -0.05) is 0 Å². The molecule has 0 aromatic carbocycles. The van der Waals surface area contributed by atoms with Crippen LogP contribution in [0.25, 0.3) is 0 Å². The van der Waals surface area contributed by atoms with Crippen LogP contribution in [-0.2, 0) is 0 Å². The number of carbonyl (C=O) groups is 1. The summed E-state index contributed by atoms with van der Waals surface area (Å²) in [7, 11) is 0. The van der Waals surface area contributed by atoms with Gasteiger partial charge in [0, 0.05) is 37.9 Å². The normalized spacial score (nSPS) is 20.7. The van der Waals surface area contributed by atoms with Gasteiger partial charge in [0.2, 0.25) is 5.95 Å². The topological polar surface area (TPSA) is 104 Å². The lowest BCUT2D eigenvalue weighted by Crippen LogP contribution is -2.54. The Morgan fingerprint density at radius 2 is 2.00 bits per heavy atom. The molecule has 0 radical (unpaired) electrons. The summed E-state index contributed by atoms with van der Waals surface area (Å²) in [5.41, 5.74) is -0.637. The average molecular weight is 328 g/mol. The highest BCUT2D eigenvalue weighted by Crippen LogP contribution is 2.23. The number of aliphatic hydroxyl groups is 1. The highest BCUT2D eigenvalue weighted by Gasteiger charge is 2.34. The second kappa shape index (κ2) is 6.88. The van der Waals surface area contributed by atoms with Crippen molar-refractivity contribution in [1.82, 2.24) is 25.3 Å². The minimum absolute atomic E-state index is 0.156. The van der Waals surface area contributed by atoms with E-state index < -0.39 is 5.60 Å². The van der Waals surface area contributed by atoms with Gasteiger partial charge in [-0.15, -0.1) is 0 Å². The lowest BCUT2D eigenvalue weighted by molar-refractivity contribution is 0.0252. The van der Waals surface area contributed by atoms with E-state index in [0.717, 1.165) is 13.0 Å². The number of amides is 1. The van der Waals surface area contributed by atoms with E-state index in [9.17, 15) is 9.90 Å². The van der Waals surface area contributed by atoms with E-state index >= 15 is 0 Å². The molecule has 2 aromatic heterocycles. The molecule has 1 atom stereocenters. The third-order valence-electron chi connectivity index (χ3n) is 4.01. The Bertz CT molecular complexity index is 693. The van der Waals surface area contributed by atoms with Crippen molar-refractivity contribution in [2.75, 3.05) is 24.5 Å². The van der Waals surface area contributed by atoms with Gasteiger partial charge in [0.15, 0.2) is 0 Å². The Morgan fingerprint density at radius 3 is 2.71 bits per heavy atom. The fraction of sp³-hybridized carbons (Fsp3) is 0.438. The number of piperidine rings is 1. The molecule has 0 bridgehead atoms. The Morgan fingerprint density at radius 1 is 1.29 bits per heavy atom. The van der Waals surface area contributed by atoms with Crippen LogP contribution in [0.3, 0.4) is 0 Å². The Balaban J connectivity index is 1.61. The number of aryl methyl sites for hydroxylation is 1. The summed E-state index contributed by atoms with van der Waals surface area (Å²) in [5.74, 6) is 0.904. The largest absolute Gasteiger partial charge is 0.386 e. The molecule has 8 nitrogen and oxygen atoms in total. The molecular weight excluding hydrogens is 308 g/mol. The summed E-state index contributed by atoms with van der Waals surface area (Å²) in [6.07, 6.45) is 7.73. The molecule has 24 heavy (non-hydrogen) atoms. The molecule has 1 aliphatic rings. The maximum absolute atomic E-state index is 12.2. The van der Waals surface area contributed by atoms with Crippen molar-refractivity contribution in [2.45, 2.75) is 25.4 Å². The van der Waals surface area contributed by atoms with Crippen LogP contribution in [0.15, 0.2) is 30.9 Å². The van der Waals surface area contributed by atoms with Crippen molar-refractivity contribution in [3.63, 3.8) is 0 Å². The van der Waals surface area contributed by atoms with Crippen LogP contribution < -0.4 is 10.2 Å². The molecule has 8 heteroatoms. The van der Waals surface area contributed by atoms with E-state index in [-0.39, 0.29) is 12.5 Å². The fourth-order valence-corrected chi connectivity index (χ4v) is 2.74. The summed E-state index contributed by atoms with van der Waals surface area (Å²) in [6, 6.07) is 1.75. The molecule has 0 aliphatic carbocycles. The molecule has 0 saturated carbocycles. The first kappa shape index (κ1) is 16.3. The molecule has 1 amide bonds. The van der Waals surface area contributed by atoms with Crippen molar-refractivity contribution >= 4 is 11.9 Å². The molecule has 0 spiro atoms. The summed E-state index contributed by atoms with van der Waals surface area (Å²) >= 11 is 0. The van der Waals surface area contributed by atoms with Crippen LogP contribution in [0.2, 0.25) is 0 Å². The number of β-amino-alcohol motifs (C(OH)–C–C–N with tert-alkyl or cyclic N) is 1. The first-order valence-electron chi connectivity index (χ1n) is 7.87. The van der Waals surface area contributed by atoms with Crippen molar-refractivity contribution in [2.24, 2.45) is 0 Å². The zero-order chi connectivity index (χ0) is 17.0. The maximum atomic E-state index is 12.2. The molecule has 2 aromatic rings. The second-order valence-electron chi connectivity index (χ2n) is 6.00. The van der Waals surface area contributed by atoms with Gasteiger partial charge < -0.3 is 15.3 Å². The van der Waals surface area contributed by atoms with Crippen molar-refractivity contribution in [3.8, 4) is 0 Å². The number of rotatable bonds is 4. The molecule has 3 heterocycles. The predicted octanol–water partition coefficient (Wildman–Crippen LogP) is 0.336.